The second-order valence-corrected chi connectivity index (χ2v) is 7.19. The molecule has 3 aromatic rings. The van der Waals surface area contributed by atoms with Crippen LogP contribution in [-0.4, -0.2) is 19.3 Å². The van der Waals surface area contributed by atoms with Crippen LogP contribution in [0, 0.1) is 0 Å². The summed E-state index contributed by atoms with van der Waals surface area (Å²) in [6.07, 6.45) is 4.67. The normalized spacial score (nSPS) is 11.3. The molecule has 3 rings (SSSR count). The summed E-state index contributed by atoms with van der Waals surface area (Å²) < 4.78 is 26.8. The number of hydrogen-bond acceptors (Lipinski definition) is 4. The minimum atomic E-state index is -3.65. The van der Waals surface area contributed by atoms with E-state index in [-0.39, 0.29) is 5.91 Å². The second-order valence-electron chi connectivity index (χ2n) is 5.63. The standard InChI is InChI=1S/C20H17N3O3S/c24-20(22-18-10-13-21-14-11-18)17-6-8-19(9-7-17)23-27(25,26)15-12-16-4-2-1-3-5-16/h1-15,23H,(H,21,22,24)/b15-12+. The Balaban J connectivity index is 1.64. The van der Waals surface area contributed by atoms with Crippen LogP contribution in [0.5, 0.6) is 0 Å². The van der Waals surface area contributed by atoms with Crippen LogP contribution in [0.2, 0.25) is 0 Å². The maximum Gasteiger partial charge on any atom is 0.255 e. The van der Waals surface area contributed by atoms with Crippen LogP contribution in [0.4, 0.5) is 11.4 Å². The quantitative estimate of drug-likeness (QED) is 0.683. The van der Waals surface area contributed by atoms with Gasteiger partial charge in [-0.25, -0.2) is 8.42 Å². The monoisotopic (exact) mass is 379 g/mol. The third-order valence-electron chi connectivity index (χ3n) is 3.58. The van der Waals surface area contributed by atoms with Crippen molar-refractivity contribution in [2.75, 3.05) is 10.0 Å². The van der Waals surface area contributed by atoms with E-state index in [1.807, 2.05) is 30.3 Å². The summed E-state index contributed by atoms with van der Waals surface area (Å²) in [7, 11) is -3.65. The SMILES string of the molecule is O=C(Nc1ccncc1)c1ccc(NS(=O)(=O)/C=C/c2ccccc2)cc1. The molecule has 2 aromatic carbocycles. The lowest BCUT2D eigenvalue weighted by molar-refractivity contribution is 0.102. The van der Waals surface area contributed by atoms with Gasteiger partial charge in [-0.3, -0.25) is 14.5 Å². The number of carbonyl (C=O) groups is 1. The number of benzene rings is 2. The summed E-state index contributed by atoms with van der Waals surface area (Å²) in [6, 6.07) is 18.7. The Kier molecular flexibility index (Phi) is 5.63. The molecule has 1 aromatic heterocycles. The Morgan fingerprint density at radius 3 is 2.19 bits per heavy atom. The first-order chi connectivity index (χ1) is 13.0. The molecule has 1 heterocycles. The lowest BCUT2D eigenvalue weighted by Crippen LogP contribution is -2.12. The van der Waals surface area contributed by atoms with Gasteiger partial charge in [0.15, 0.2) is 0 Å². The topological polar surface area (TPSA) is 88.2 Å². The molecule has 0 aliphatic heterocycles. The van der Waals surface area contributed by atoms with Crippen molar-refractivity contribution in [3.8, 4) is 0 Å². The molecule has 7 heteroatoms. The number of rotatable bonds is 6. The zero-order chi connectivity index (χ0) is 19.1. The fraction of sp³-hybridized carbons (Fsp3) is 0. The van der Waals surface area contributed by atoms with Gasteiger partial charge < -0.3 is 5.32 Å². The lowest BCUT2D eigenvalue weighted by atomic mass is 10.2. The van der Waals surface area contributed by atoms with Gasteiger partial charge in [-0.1, -0.05) is 30.3 Å². The molecule has 27 heavy (non-hydrogen) atoms. The fourth-order valence-corrected chi connectivity index (χ4v) is 3.13. The van der Waals surface area contributed by atoms with E-state index < -0.39 is 10.0 Å². The Morgan fingerprint density at radius 2 is 1.52 bits per heavy atom. The molecule has 0 bridgehead atoms. The molecule has 0 aliphatic carbocycles. The largest absolute Gasteiger partial charge is 0.322 e. The number of aromatic nitrogens is 1. The molecule has 0 saturated heterocycles. The number of amides is 1. The predicted octanol–water partition coefficient (Wildman–Crippen LogP) is 3.75. The van der Waals surface area contributed by atoms with Gasteiger partial charge in [-0.15, -0.1) is 0 Å². The maximum atomic E-state index is 12.2. The molecule has 0 unspecified atom stereocenters. The summed E-state index contributed by atoms with van der Waals surface area (Å²) >= 11 is 0. The van der Waals surface area contributed by atoms with E-state index in [2.05, 4.69) is 15.0 Å². The van der Waals surface area contributed by atoms with E-state index in [0.717, 1.165) is 11.0 Å². The molecular weight excluding hydrogens is 362 g/mol. The molecular formula is C20H17N3O3S. The second kappa shape index (κ2) is 8.29. The van der Waals surface area contributed by atoms with Crippen molar-refractivity contribution in [2.24, 2.45) is 0 Å². The van der Waals surface area contributed by atoms with Crippen LogP contribution in [0.25, 0.3) is 6.08 Å². The maximum absolute atomic E-state index is 12.2. The van der Waals surface area contributed by atoms with E-state index in [4.69, 9.17) is 0 Å². The number of anilines is 2. The number of hydrogen-bond donors (Lipinski definition) is 2. The van der Waals surface area contributed by atoms with Crippen molar-refractivity contribution in [2.45, 2.75) is 0 Å². The van der Waals surface area contributed by atoms with E-state index in [1.54, 1.807) is 36.7 Å². The van der Waals surface area contributed by atoms with Gasteiger partial charge >= 0.3 is 0 Å². The van der Waals surface area contributed by atoms with Crippen LogP contribution in [0.15, 0.2) is 84.5 Å². The molecule has 1 amide bonds. The summed E-state index contributed by atoms with van der Waals surface area (Å²) in [4.78, 5) is 16.1. The third-order valence-corrected chi connectivity index (χ3v) is 4.60. The van der Waals surface area contributed by atoms with Gasteiger partial charge in [0.1, 0.15) is 0 Å². The third kappa shape index (κ3) is 5.52. The van der Waals surface area contributed by atoms with Gasteiger partial charge in [-0.05, 0) is 48.0 Å². The van der Waals surface area contributed by atoms with E-state index in [0.29, 0.717) is 16.9 Å². The zero-order valence-electron chi connectivity index (χ0n) is 14.2. The van der Waals surface area contributed by atoms with Crippen molar-refractivity contribution in [3.05, 3.63) is 95.7 Å². The summed E-state index contributed by atoms with van der Waals surface area (Å²) in [5.74, 6) is -0.292. The number of carbonyl (C=O) groups excluding carboxylic acids is 1. The molecule has 2 N–H and O–H groups in total. The Hall–Kier alpha value is -3.45. The number of nitrogens with one attached hydrogen (secondary N) is 2. The first kappa shape index (κ1) is 18.3. The molecule has 0 radical (unpaired) electrons. The molecule has 0 atom stereocenters. The number of sulfonamides is 1. The highest BCUT2D eigenvalue weighted by Crippen LogP contribution is 2.14. The minimum Gasteiger partial charge on any atom is -0.322 e. The van der Waals surface area contributed by atoms with Crippen molar-refractivity contribution in [3.63, 3.8) is 0 Å². The van der Waals surface area contributed by atoms with Crippen LogP contribution in [0.1, 0.15) is 15.9 Å². The number of nitrogens with zero attached hydrogens (tertiary/aromatic N) is 1. The summed E-state index contributed by atoms with van der Waals surface area (Å²) in [5, 5.41) is 3.84. The Morgan fingerprint density at radius 1 is 0.852 bits per heavy atom. The Bertz CT molecular complexity index is 1030. The average molecular weight is 379 g/mol. The van der Waals surface area contributed by atoms with Crippen molar-refractivity contribution < 1.29 is 13.2 Å². The minimum absolute atomic E-state index is 0.292. The van der Waals surface area contributed by atoms with Gasteiger partial charge in [0.25, 0.3) is 15.9 Å². The van der Waals surface area contributed by atoms with Gasteiger partial charge in [0.2, 0.25) is 0 Å². The molecule has 0 fully saturated rings. The first-order valence-corrected chi connectivity index (χ1v) is 9.64. The zero-order valence-corrected chi connectivity index (χ0v) is 15.1. The van der Waals surface area contributed by atoms with Gasteiger partial charge in [0, 0.05) is 29.3 Å². The summed E-state index contributed by atoms with van der Waals surface area (Å²) in [6.45, 7) is 0. The van der Waals surface area contributed by atoms with Crippen LogP contribution >= 0.6 is 0 Å². The van der Waals surface area contributed by atoms with Crippen molar-refractivity contribution in [1.82, 2.24) is 4.98 Å². The molecule has 0 saturated carbocycles. The molecule has 136 valence electrons. The van der Waals surface area contributed by atoms with Crippen LogP contribution in [-0.2, 0) is 10.0 Å². The van der Waals surface area contributed by atoms with Crippen molar-refractivity contribution in [1.29, 1.82) is 0 Å². The fourth-order valence-electron chi connectivity index (χ4n) is 2.26. The van der Waals surface area contributed by atoms with E-state index in [1.165, 1.54) is 18.2 Å². The van der Waals surface area contributed by atoms with E-state index in [9.17, 15) is 13.2 Å². The van der Waals surface area contributed by atoms with Gasteiger partial charge in [0.05, 0.1) is 5.41 Å². The highest BCUT2D eigenvalue weighted by Gasteiger charge is 2.09. The molecule has 0 aliphatic rings. The van der Waals surface area contributed by atoms with Crippen LogP contribution < -0.4 is 10.0 Å². The first-order valence-electron chi connectivity index (χ1n) is 8.09. The number of pyridine rings is 1. The Labute approximate surface area is 157 Å². The molecule has 0 spiro atoms. The van der Waals surface area contributed by atoms with Crippen molar-refractivity contribution >= 4 is 33.4 Å². The highest BCUT2D eigenvalue weighted by molar-refractivity contribution is 7.95. The van der Waals surface area contributed by atoms with Crippen LogP contribution in [0.3, 0.4) is 0 Å². The highest BCUT2D eigenvalue weighted by atomic mass is 32.2. The van der Waals surface area contributed by atoms with Gasteiger partial charge in [-0.2, -0.15) is 0 Å². The van der Waals surface area contributed by atoms with E-state index >= 15 is 0 Å². The average Bonchev–Trinajstić information content (AvgIpc) is 2.68. The smallest absolute Gasteiger partial charge is 0.255 e. The molecule has 6 nitrogen and oxygen atoms in total. The lowest BCUT2D eigenvalue weighted by Gasteiger charge is -2.07. The predicted molar refractivity (Wildman–Crippen MR) is 107 cm³/mol. The summed E-state index contributed by atoms with van der Waals surface area (Å²) in [5.41, 5.74) is 2.19.